The van der Waals surface area contributed by atoms with Crippen molar-refractivity contribution < 1.29 is 4.79 Å². The van der Waals surface area contributed by atoms with Gasteiger partial charge >= 0.3 is 0 Å². The summed E-state index contributed by atoms with van der Waals surface area (Å²) in [6.07, 6.45) is 0. The largest absolute Gasteiger partial charge is 0.368 e. The Morgan fingerprint density at radius 3 is 2.41 bits per heavy atom. The van der Waals surface area contributed by atoms with Gasteiger partial charge in [-0.2, -0.15) is 4.80 Å². The number of para-hydroxylation sites is 1. The summed E-state index contributed by atoms with van der Waals surface area (Å²) in [5, 5.41) is 12.5. The smallest absolute Gasteiger partial charge is 0.246 e. The van der Waals surface area contributed by atoms with E-state index in [1.165, 1.54) is 10.5 Å². The Bertz CT molecular complexity index is 915. The highest BCUT2D eigenvalue weighted by molar-refractivity contribution is 5.76. The third-order valence-electron chi connectivity index (χ3n) is 4.87. The maximum Gasteiger partial charge on any atom is 0.246 e. The van der Waals surface area contributed by atoms with E-state index in [0.717, 1.165) is 24.2 Å². The fourth-order valence-corrected chi connectivity index (χ4v) is 3.32. The lowest BCUT2D eigenvalue weighted by Gasteiger charge is -2.36. The Labute approximate surface area is 158 Å². The molecule has 0 aliphatic carbocycles. The number of rotatable bonds is 4. The SMILES string of the molecule is Cc1ccccc1-c1nnn(CC(=O)N2CCN(c3ccccc3)CC2)n1. The monoisotopic (exact) mass is 362 g/mol. The van der Waals surface area contributed by atoms with Crippen LogP contribution in [0.15, 0.2) is 54.6 Å². The minimum atomic E-state index is 0.0245. The van der Waals surface area contributed by atoms with Gasteiger partial charge in [-0.3, -0.25) is 4.79 Å². The van der Waals surface area contributed by atoms with Crippen molar-refractivity contribution in [2.75, 3.05) is 31.1 Å². The molecule has 0 bridgehead atoms. The fourth-order valence-electron chi connectivity index (χ4n) is 3.32. The van der Waals surface area contributed by atoms with E-state index in [4.69, 9.17) is 0 Å². The lowest BCUT2D eigenvalue weighted by molar-refractivity contribution is -0.132. The number of amides is 1. The predicted molar refractivity (Wildman–Crippen MR) is 103 cm³/mol. The minimum Gasteiger partial charge on any atom is -0.368 e. The molecule has 2 aromatic carbocycles. The molecule has 0 radical (unpaired) electrons. The van der Waals surface area contributed by atoms with Crippen molar-refractivity contribution in [1.29, 1.82) is 0 Å². The zero-order valence-corrected chi connectivity index (χ0v) is 15.3. The second-order valence-corrected chi connectivity index (χ2v) is 6.66. The van der Waals surface area contributed by atoms with Gasteiger partial charge in [0.25, 0.3) is 0 Å². The van der Waals surface area contributed by atoms with E-state index in [0.29, 0.717) is 18.9 Å². The van der Waals surface area contributed by atoms with Crippen molar-refractivity contribution in [3.63, 3.8) is 0 Å². The predicted octanol–water partition coefficient (Wildman–Crippen LogP) is 2.00. The van der Waals surface area contributed by atoms with Gasteiger partial charge in [0, 0.05) is 37.4 Å². The number of anilines is 1. The van der Waals surface area contributed by atoms with E-state index in [1.54, 1.807) is 0 Å². The molecule has 4 rings (SSSR count). The van der Waals surface area contributed by atoms with Gasteiger partial charge in [0.15, 0.2) is 0 Å². The molecule has 138 valence electrons. The molecular weight excluding hydrogens is 340 g/mol. The van der Waals surface area contributed by atoms with E-state index in [2.05, 4.69) is 32.4 Å². The summed E-state index contributed by atoms with van der Waals surface area (Å²) < 4.78 is 0. The first-order valence-electron chi connectivity index (χ1n) is 9.12. The molecule has 27 heavy (non-hydrogen) atoms. The lowest BCUT2D eigenvalue weighted by atomic mass is 10.1. The van der Waals surface area contributed by atoms with Crippen molar-refractivity contribution in [2.45, 2.75) is 13.5 Å². The first kappa shape index (κ1) is 17.2. The van der Waals surface area contributed by atoms with E-state index in [9.17, 15) is 4.79 Å². The van der Waals surface area contributed by atoms with Gasteiger partial charge in [-0.05, 0) is 29.8 Å². The Morgan fingerprint density at radius 2 is 1.67 bits per heavy atom. The zero-order chi connectivity index (χ0) is 18.6. The van der Waals surface area contributed by atoms with Crippen LogP contribution in [0.1, 0.15) is 5.56 Å². The van der Waals surface area contributed by atoms with E-state index in [-0.39, 0.29) is 12.5 Å². The van der Waals surface area contributed by atoms with Gasteiger partial charge in [-0.15, -0.1) is 10.2 Å². The van der Waals surface area contributed by atoms with Gasteiger partial charge in [0.2, 0.25) is 11.7 Å². The third-order valence-corrected chi connectivity index (χ3v) is 4.87. The maximum atomic E-state index is 12.6. The number of carbonyl (C=O) groups is 1. The summed E-state index contributed by atoms with van der Waals surface area (Å²) in [6, 6.07) is 18.2. The first-order valence-corrected chi connectivity index (χ1v) is 9.12. The normalized spacial score (nSPS) is 14.4. The Kier molecular flexibility index (Phi) is 4.82. The van der Waals surface area contributed by atoms with Crippen molar-refractivity contribution in [3.8, 4) is 11.4 Å². The van der Waals surface area contributed by atoms with E-state index < -0.39 is 0 Å². The molecule has 1 aromatic heterocycles. The number of aromatic nitrogens is 4. The molecular formula is C20H22N6O. The standard InChI is InChI=1S/C20H22N6O/c1-16-7-5-6-10-18(16)20-21-23-26(22-20)15-19(27)25-13-11-24(12-14-25)17-8-3-2-4-9-17/h2-10H,11-15H2,1H3. The molecule has 1 amide bonds. The molecule has 0 unspecified atom stereocenters. The van der Waals surface area contributed by atoms with Crippen LogP contribution in [0.4, 0.5) is 5.69 Å². The molecule has 1 saturated heterocycles. The van der Waals surface area contributed by atoms with E-state index >= 15 is 0 Å². The van der Waals surface area contributed by atoms with Crippen LogP contribution in [0.5, 0.6) is 0 Å². The summed E-state index contributed by atoms with van der Waals surface area (Å²) in [6.45, 7) is 5.18. The van der Waals surface area contributed by atoms with Crippen LogP contribution in [0, 0.1) is 6.92 Å². The number of hydrogen-bond donors (Lipinski definition) is 0. The van der Waals surface area contributed by atoms with Crippen LogP contribution in [-0.2, 0) is 11.3 Å². The summed E-state index contributed by atoms with van der Waals surface area (Å²) in [5.74, 6) is 0.575. The van der Waals surface area contributed by atoms with Crippen LogP contribution < -0.4 is 4.90 Å². The number of benzene rings is 2. The Balaban J connectivity index is 1.36. The molecule has 1 aliphatic rings. The summed E-state index contributed by atoms with van der Waals surface area (Å²) in [5.41, 5.74) is 3.22. The van der Waals surface area contributed by atoms with Crippen molar-refractivity contribution in [3.05, 3.63) is 60.2 Å². The van der Waals surface area contributed by atoms with Crippen molar-refractivity contribution in [2.24, 2.45) is 0 Å². The maximum absolute atomic E-state index is 12.6. The molecule has 1 aliphatic heterocycles. The number of nitrogens with zero attached hydrogens (tertiary/aromatic N) is 6. The molecule has 0 spiro atoms. The lowest BCUT2D eigenvalue weighted by Crippen LogP contribution is -2.49. The van der Waals surface area contributed by atoms with Crippen LogP contribution in [-0.4, -0.2) is 57.2 Å². The summed E-state index contributed by atoms with van der Waals surface area (Å²) >= 11 is 0. The number of hydrogen-bond acceptors (Lipinski definition) is 5. The topological polar surface area (TPSA) is 67.2 Å². The molecule has 0 atom stereocenters. The molecule has 7 nitrogen and oxygen atoms in total. The average Bonchev–Trinajstić information content (AvgIpc) is 3.17. The van der Waals surface area contributed by atoms with Crippen LogP contribution in [0.25, 0.3) is 11.4 Å². The zero-order valence-electron chi connectivity index (χ0n) is 15.3. The Morgan fingerprint density at radius 1 is 0.963 bits per heavy atom. The first-order chi connectivity index (χ1) is 13.2. The van der Waals surface area contributed by atoms with Gasteiger partial charge < -0.3 is 9.80 Å². The molecule has 3 aromatic rings. The quantitative estimate of drug-likeness (QED) is 0.710. The second kappa shape index (κ2) is 7.57. The van der Waals surface area contributed by atoms with Crippen LogP contribution >= 0.6 is 0 Å². The molecule has 0 N–H and O–H groups in total. The second-order valence-electron chi connectivity index (χ2n) is 6.66. The van der Waals surface area contributed by atoms with Gasteiger partial charge in [0.1, 0.15) is 6.54 Å². The molecule has 0 saturated carbocycles. The highest BCUT2D eigenvalue weighted by Crippen LogP contribution is 2.18. The van der Waals surface area contributed by atoms with Gasteiger partial charge in [-0.1, -0.05) is 42.5 Å². The minimum absolute atomic E-state index is 0.0245. The number of piperazine rings is 1. The van der Waals surface area contributed by atoms with E-state index in [1.807, 2.05) is 54.3 Å². The van der Waals surface area contributed by atoms with Crippen molar-refractivity contribution >= 4 is 11.6 Å². The highest BCUT2D eigenvalue weighted by atomic mass is 16.2. The van der Waals surface area contributed by atoms with Gasteiger partial charge in [-0.25, -0.2) is 0 Å². The van der Waals surface area contributed by atoms with Crippen molar-refractivity contribution in [1.82, 2.24) is 25.1 Å². The molecule has 1 fully saturated rings. The summed E-state index contributed by atoms with van der Waals surface area (Å²) in [4.78, 5) is 18.2. The van der Waals surface area contributed by atoms with Crippen LogP contribution in [0.2, 0.25) is 0 Å². The fraction of sp³-hybridized carbons (Fsp3) is 0.300. The highest BCUT2D eigenvalue weighted by Gasteiger charge is 2.22. The number of aryl methyl sites for hydroxylation is 1. The van der Waals surface area contributed by atoms with Gasteiger partial charge in [0.05, 0.1) is 0 Å². The average molecular weight is 362 g/mol. The molecule has 2 heterocycles. The number of tetrazole rings is 1. The summed E-state index contributed by atoms with van der Waals surface area (Å²) in [7, 11) is 0. The Hall–Kier alpha value is -3.22. The number of carbonyl (C=O) groups excluding carboxylic acids is 1. The van der Waals surface area contributed by atoms with Crippen LogP contribution in [0.3, 0.4) is 0 Å². The third kappa shape index (κ3) is 3.81. The molecule has 7 heteroatoms.